The van der Waals surface area contributed by atoms with Crippen LogP contribution in [0.15, 0.2) is 12.2 Å². The Hall–Kier alpha value is -1.36. The van der Waals surface area contributed by atoms with Crippen molar-refractivity contribution in [2.24, 2.45) is 11.3 Å². The molecule has 2 N–H and O–H groups in total. The van der Waals surface area contributed by atoms with E-state index in [0.29, 0.717) is 18.8 Å². The van der Waals surface area contributed by atoms with Crippen LogP contribution in [0.25, 0.3) is 0 Å². The van der Waals surface area contributed by atoms with Crippen molar-refractivity contribution in [1.82, 2.24) is 10.2 Å². The Morgan fingerprint density at radius 2 is 2.04 bits per heavy atom. The molecule has 0 aromatic rings. The van der Waals surface area contributed by atoms with Crippen molar-refractivity contribution in [2.75, 3.05) is 6.54 Å². The normalized spacial score (nSPS) is 34.0. The number of carbonyl (C=O) groups is 2. The summed E-state index contributed by atoms with van der Waals surface area (Å²) in [4.78, 5) is 26.8. The fourth-order valence-electron chi connectivity index (χ4n) is 3.33. The molecule has 1 saturated heterocycles. The van der Waals surface area contributed by atoms with Gasteiger partial charge in [0.25, 0.3) is 0 Å². The first-order valence-corrected chi connectivity index (χ1v) is 8.49. The quantitative estimate of drug-likeness (QED) is 0.779. The number of hydrogen-bond acceptors (Lipinski definition) is 3. The third kappa shape index (κ3) is 4.14. The molecule has 23 heavy (non-hydrogen) atoms. The highest BCUT2D eigenvalue weighted by atomic mass is 16.3. The van der Waals surface area contributed by atoms with Crippen LogP contribution in [0.1, 0.15) is 53.9 Å². The summed E-state index contributed by atoms with van der Waals surface area (Å²) >= 11 is 0. The Kier molecular flexibility index (Phi) is 4.90. The molecule has 2 aliphatic rings. The minimum atomic E-state index is -0.626. The van der Waals surface area contributed by atoms with E-state index >= 15 is 0 Å². The average Bonchev–Trinajstić information content (AvgIpc) is 2.92. The fraction of sp³-hybridized carbons (Fsp3) is 0.778. The topological polar surface area (TPSA) is 69.6 Å². The van der Waals surface area contributed by atoms with Crippen LogP contribution >= 0.6 is 0 Å². The van der Waals surface area contributed by atoms with Crippen LogP contribution in [-0.2, 0) is 9.59 Å². The second-order valence-electron chi connectivity index (χ2n) is 8.50. The van der Waals surface area contributed by atoms with E-state index in [1.165, 1.54) is 0 Å². The first-order chi connectivity index (χ1) is 10.5. The van der Waals surface area contributed by atoms with Gasteiger partial charge in [0, 0.05) is 19.4 Å². The number of nitrogens with one attached hydrogen (secondary N) is 1. The van der Waals surface area contributed by atoms with E-state index in [1.54, 1.807) is 4.90 Å². The van der Waals surface area contributed by atoms with E-state index in [2.05, 4.69) is 18.3 Å². The molecule has 1 fully saturated rings. The Morgan fingerprint density at radius 1 is 1.39 bits per heavy atom. The summed E-state index contributed by atoms with van der Waals surface area (Å²) in [5.41, 5.74) is -0.510. The van der Waals surface area contributed by atoms with Gasteiger partial charge in [0.1, 0.15) is 6.04 Å². The summed E-state index contributed by atoms with van der Waals surface area (Å²) in [6, 6.07) is -0.571. The molecule has 2 rings (SSSR count). The molecule has 0 spiro atoms. The van der Waals surface area contributed by atoms with Gasteiger partial charge in [-0.1, -0.05) is 39.8 Å². The monoisotopic (exact) mass is 322 g/mol. The number of allylic oxidation sites excluding steroid dienone is 1. The van der Waals surface area contributed by atoms with Gasteiger partial charge >= 0.3 is 0 Å². The maximum atomic E-state index is 12.7. The molecule has 0 saturated carbocycles. The van der Waals surface area contributed by atoms with Crippen molar-refractivity contribution in [3.63, 3.8) is 0 Å². The smallest absolute Gasteiger partial charge is 0.243 e. The Balaban J connectivity index is 2.08. The number of β-amino-alcohol motifs (C(OH)–C–C–N with tert-alkyl or cyclic N) is 1. The number of nitrogens with zero attached hydrogens (tertiary/aromatic N) is 1. The molecular weight excluding hydrogens is 292 g/mol. The number of likely N-dealkylation sites (tertiary alicyclic amines) is 1. The van der Waals surface area contributed by atoms with Gasteiger partial charge in [0.2, 0.25) is 11.8 Å². The Labute approximate surface area is 139 Å². The lowest BCUT2D eigenvalue weighted by Gasteiger charge is -2.33. The maximum absolute atomic E-state index is 12.7. The van der Waals surface area contributed by atoms with Crippen molar-refractivity contribution < 1.29 is 14.7 Å². The third-order valence-electron chi connectivity index (χ3n) is 4.95. The highest BCUT2D eigenvalue weighted by molar-refractivity contribution is 5.89. The van der Waals surface area contributed by atoms with Crippen molar-refractivity contribution in [3.8, 4) is 0 Å². The summed E-state index contributed by atoms with van der Waals surface area (Å²) in [5, 5.41) is 13.0. The number of hydrogen-bond donors (Lipinski definition) is 2. The van der Waals surface area contributed by atoms with Crippen LogP contribution in [0.4, 0.5) is 0 Å². The van der Waals surface area contributed by atoms with Crippen molar-refractivity contribution in [2.45, 2.75) is 71.6 Å². The van der Waals surface area contributed by atoms with Gasteiger partial charge in [0.05, 0.1) is 11.6 Å². The van der Waals surface area contributed by atoms with Crippen molar-refractivity contribution in [1.29, 1.82) is 0 Å². The number of amides is 2. The second-order valence-corrected chi connectivity index (χ2v) is 8.50. The summed E-state index contributed by atoms with van der Waals surface area (Å²) in [6.07, 6.45) is 5.11. The molecular formula is C18H30N2O3. The van der Waals surface area contributed by atoms with Gasteiger partial charge in [-0.25, -0.2) is 0 Å². The number of rotatable bonds is 3. The fourth-order valence-corrected chi connectivity index (χ4v) is 3.33. The molecule has 0 aromatic carbocycles. The van der Waals surface area contributed by atoms with Crippen LogP contribution in [0.3, 0.4) is 0 Å². The molecule has 130 valence electrons. The largest absolute Gasteiger partial charge is 0.391 e. The summed E-state index contributed by atoms with van der Waals surface area (Å²) in [6.45, 7) is 10.3. The lowest BCUT2D eigenvalue weighted by atomic mass is 9.90. The van der Waals surface area contributed by atoms with E-state index < -0.39 is 12.1 Å². The van der Waals surface area contributed by atoms with E-state index in [-0.39, 0.29) is 29.3 Å². The molecule has 1 aliphatic carbocycles. The van der Waals surface area contributed by atoms with E-state index in [4.69, 9.17) is 0 Å². The van der Waals surface area contributed by atoms with Crippen LogP contribution < -0.4 is 5.32 Å². The highest BCUT2D eigenvalue weighted by Crippen LogP contribution is 2.30. The maximum Gasteiger partial charge on any atom is 0.243 e. The van der Waals surface area contributed by atoms with E-state index in [9.17, 15) is 14.7 Å². The zero-order valence-corrected chi connectivity index (χ0v) is 14.9. The second kappa shape index (κ2) is 6.27. The molecule has 5 nitrogen and oxygen atoms in total. The minimum Gasteiger partial charge on any atom is -0.391 e. The molecule has 0 aromatic heterocycles. The van der Waals surface area contributed by atoms with E-state index in [1.807, 2.05) is 33.8 Å². The van der Waals surface area contributed by atoms with Gasteiger partial charge in [-0.3, -0.25) is 9.59 Å². The van der Waals surface area contributed by atoms with Crippen LogP contribution in [0.2, 0.25) is 0 Å². The molecule has 5 heteroatoms. The third-order valence-corrected chi connectivity index (χ3v) is 4.95. The van der Waals surface area contributed by atoms with Gasteiger partial charge < -0.3 is 15.3 Å². The number of aliphatic hydroxyl groups excluding tert-OH is 1. The summed E-state index contributed by atoms with van der Waals surface area (Å²) in [5.74, 6) is 0.107. The van der Waals surface area contributed by atoms with Gasteiger partial charge in [0.15, 0.2) is 0 Å². The SMILES string of the molecule is C[C@H]1CC=CC1(C)NC(=O)C1CC(O)CN1C(=O)CC(C)(C)C. The van der Waals surface area contributed by atoms with Gasteiger partial charge in [-0.05, 0) is 24.7 Å². The summed E-state index contributed by atoms with van der Waals surface area (Å²) < 4.78 is 0. The van der Waals surface area contributed by atoms with Gasteiger partial charge in [-0.15, -0.1) is 0 Å². The molecule has 2 amide bonds. The predicted molar refractivity (Wildman–Crippen MR) is 89.7 cm³/mol. The van der Waals surface area contributed by atoms with Gasteiger partial charge in [-0.2, -0.15) is 0 Å². The van der Waals surface area contributed by atoms with Crippen LogP contribution in [0.5, 0.6) is 0 Å². The van der Waals surface area contributed by atoms with Crippen molar-refractivity contribution in [3.05, 3.63) is 12.2 Å². The molecule has 3 unspecified atom stereocenters. The number of aliphatic hydroxyl groups is 1. The first kappa shape index (κ1) is 18.0. The standard InChI is InChI=1S/C18H30N2O3/c1-12-7-6-8-18(12,5)19-16(23)14-9-13(21)11-20(14)15(22)10-17(2,3)4/h6,8,12-14,21H,7,9-11H2,1-5H3,(H,19,23)/t12-,13?,14?,18?/m0/s1. The Bertz CT molecular complexity index is 509. The minimum absolute atomic E-state index is 0.0608. The lowest BCUT2D eigenvalue weighted by molar-refractivity contribution is -0.140. The lowest BCUT2D eigenvalue weighted by Crippen LogP contribution is -2.54. The molecule has 4 atom stereocenters. The highest BCUT2D eigenvalue weighted by Gasteiger charge is 2.42. The van der Waals surface area contributed by atoms with Crippen molar-refractivity contribution >= 4 is 11.8 Å². The molecule has 1 heterocycles. The molecule has 1 aliphatic heterocycles. The predicted octanol–water partition coefficient (Wildman–Crippen LogP) is 1.86. The first-order valence-electron chi connectivity index (χ1n) is 8.49. The van der Waals surface area contributed by atoms with E-state index in [0.717, 1.165) is 6.42 Å². The summed E-state index contributed by atoms with van der Waals surface area (Å²) in [7, 11) is 0. The molecule has 0 bridgehead atoms. The zero-order valence-electron chi connectivity index (χ0n) is 14.9. The zero-order chi connectivity index (χ0) is 17.4. The van der Waals surface area contributed by atoms with Crippen LogP contribution in [0, 0.1) is 11.3 Å². The van der Waals surface area contributed by atoms with Crippen LogP contribution in [-0.4, -0.2) is 46.1 Å². The number of carbonyl (C=O) groups excluding carboxylic acids is 2. The Morgan fingerprint density at radius 3 is 2.57 bits per heavy atom. The average molecular weight is 322 g/mol. The molecule has 0 radical (unpaired) electrons.